The molecule has 0 bridgehead atoms. The average molecular weight is 237 g/mol. The highest BCUT2D eigenvalue weighted by Crippen LogP contribution is 2.26. The Labute approximate surface area is 99.0 Å². The molecule has 4 nitrogen and oxygen atoms in total. The standard InChI is InChI=1S/C11H13ClN4/c12-9-3-1-4-10(11(9)13)14-6-8-16-7-2-5-15-16/h1-5,7,14H,6,8,13H2. The predicted molar refractivity (Wildman–Crippen MR) is 66.6 cm³/mol. The van der Waals surface area contributed by atoms with Crippen molar-refractivity contribution in [2.75, 3.05) is 17.6 Å². The van der Waals surface area contributed by atoms with Gasteiger partial charge in [0.1, 0.15) is 0 Å². The third-order valence-electron chi connectivity index (χ3n) is 2.27. The first-order chi connectivity index (χ1) is 7.77. The highest BCUT2D eigenvalue weighted by Gasteiger charge is 2.01. The second-order valence-corrected chi connectivity index (χ2v) is 3.80. The maximum Gasteiger partial charge on any atom is 0.0739 e. The first-order valence-electron chi connectivity index (χ1n) is 5.02. The van der Waals surface area contributed by atoms with Gasteiger partial charge in [-0.1, -0.05) is 17.7 Å². The number of hydrogen-bond donors (Lipinski definition) is 2. The third kappa shape index (κ3) is 2.46. The Balaban J connectivity index is 1.92. The van der Waals surface area contributed by atoms with Crippen LogP contribution in [0.25, 0.3) is 0 Å². The summed E-state index contributed by atoms with van der Waals surface area (Å²) in [5, 5.41) is 7.90. The van der Waals surface area contributed by atoms with Crippen LogP contribution in [0.4, 0.5) is 11.4 Å². The predicted octanol–water partition coefficient (Wildman–Crippen LogP) is 2.23. The van der Waals surface area contributed by atoms with E-state index in [4.69, 9.17) is 17.3 Å². The highest BCUT2D eigenvalue weighted by molar-refractivity contribution is 6.33. The number of nitrogens with two attached hydrogens (primary N) is 1. The zero-order chi connectivity index (χ0) is 11.4. The summed E-state index contributed by atoms with van der Waals surface area (Å²) in [6.45, 7) is 1.55. The Morgan fingerprint density at radius 2 is 2.25 bits per heavy atom. The van der Waals surface area contributed by atoms with Crippen LogP contribution >= 0.6 is 11.6 Å². The molecule has 0 amide bonds. The zero-order valence-corrected chi connectivity index (χ0v) is 9.48. The largest absolute Gasteiger partial charge is 0.396 e. The Hall–Kier alpha value is -1.68. The van der Waals surface area contributed by atoms with Crippen LogP contribution in [0.5, 0.6) is 0 Å². The second kappa shape index (κ2) is 4.90. The van der Waals surface area contributed by atoms with E-state index in [1.807, 2.05) is 29.1 Å². The van der Waals surface area contributed by atoms with Crippen LogP contribution in [-0.4, -0.2) is 16.3 Å². The van der Waals surface area contributed by atoms with Gasteiger partial charge in [-0.05, 0) is 18.2 Å². The number of rotatable bonds is 4. The molecule has 1 heterocycles. The van der Waals surface area contributed by atoms with Crippen LogP contribution < -0.4 is 11.1 Å². The number of nitrogens with zero attached hydrogens (tertiary/aromatic N) is 2. The molecular weight excluding hydrogens is 224 g/mol. The quantitative estimate of drug-likeness (QED) is 0.801. The Kier molecular flexibility index (Phi) is 3.31. The number of para-hydroxylation sites is 1. The summed E-state index contributed by atoms with van der Waals surface area (Å²) >= 11 is 5.91. The third-order valence-corrected chi connectivity index (χ3v) is 2.60. The van der Waals surface area contributed by atoms with E-state index >= 15 is 0 Å². The first-order valence-corrected chi connectivity index (χ1v) is 5.40. The van der Waals surface area contributed by atoms with Crippen LogP contribution in [0.15, 0.2) is 36.7 Å². The fraction of sp³-hybridized carbons (Fsp3) is 0.182. The Morgan fingerprint density at radius 3 is 3.00 bits per heavy atom. The van der Waals surface area contributed by atoms with Gasteiger partial charge < -0.3 is 11.1 Å². The molecule has 0 saturated carbocycles. The molecule has 0 aliphatic carbocycles. The fourth-order valence-corrected chi connectivity index (χ4v) is 1.60. The molecule has 0 unspecified atom stereocenters. The summed E-state index contributed by atoms with van der Waals surface area (Å²) < 4.78 is 1.85. The van der Waals surface area contributed by atoms with Crippen LogP contribution in [0, 0.1) is 0 Å². The number of halogens is 1. The highest BCUT2D eigenvalue weighted by atomic mass is 35.5. The summed E-state index contributed by atoms with van der Waals surface area (Å²) in [5.41, 5.74) is 7.27. The molecule has 0 aliphatic rings. The van der Waals surface area contributed by atoms with Crippen molar-refractivity contribution < 1.29 is 0 Å². The average Bonchev–Trinajstić information content (AvgIpc) is 2.77. The van der Waals surface area contributed by atoms with E-state index in [9.17, 15) is 0 Å². The molecule has 1 aromatic carbocycles. The van der Waals surface area contributed by atoms with Gasteiger partial charge in [-0.15, -0.1) is 0 Å². The molecule has 0 spiro atoms. The van der Waals surface area contributed by atoms with Gasteiger partial charge in [0.05, 0.1) is 22.9 Å². The zero-order valence-electron chi connectivity index (χ0n) is 8.73. The van der Waals surface area contributed by atoms with E-state index in [-0.39, 0.29) is 0 Å². The van der Waals surface area contributed by atoms with Gasteiger partial charge >= 0.3 is 0 Å². The smallest absolute Gasteiger partial charge is 0.0739 e. The maximum atomic E-state index is 5.91. The summed E-state index contributed by atoms with van der Waals surface area (Å²) in [6.07, 6.45) is 3.68. The van der Waals surface area contributed by atoms with Crippen LogP contribution in [0.3, 0.4) is 0 Å². The van der Waals surface area contributed by atoms with Gasteiger partial charge in [-0.2, -0.15) is 5.10 Å². The topological polar surface area (TPSA) is 55.9 Å². The molecule has 2 rings (SSSR count). The lowest BCUT2D eigenvalue weighted by Gasteiger charge is -2.10. The first kappa shape index (κ1) is 10.8. The van der Waals surface area contributed by atoms with Crippen molar-refractivity contribution in [2.45, 2.75) is 6.54 Å². The molecular formula is C11H13ClN4. The molecule has 0 radical (unpaired) electrons. The van der Waals surface area contributed by atoms with Crippen molar-refractivity contribution in [1.29, 1.82) is 0 Å². The molecule has 2 aromatic rings. The van der Waals surface area contributed by atoms with Crippen molar-refractivity contribution in [2.24, 2.45) is 0 Å². The SMILES string of the molecule is Nc1c(Cl)cccc1NCCn1cccn1. The lowest BCUT2D eigenvalue weighted by molar-refractivity contribution is 0.638. The monoisotopic (exact) mass is 236 g/mol. The number of anilines is 2. The van der Waals surface area contributed by atoms with E-state index in [2.05, 4.69) is 10.4 Å². The van der Waals surface area contributed by atoms with E-state index < -0.39 is 0 Å². The minimum Gasteiger partial charge on any atom is -0.396 e. The van der Waals surface area contributed by atoms with Gasteiger partial charge in [0, 0.05) is 18.9 Å². The number of benzene rings is 1. The van der Waals surface area contributed by atoms with E-state index in [1.54, 1.807) is 12.3 Å². The number of nitrogen functional groups attached to an aromatic ring is 1. The van der Waals surface area contributed by atoms with Crippen molar-refractivity contribution in [3.63, 3.8) is 0 Å². The summed E-state index contributed by atoms with van der Waals surface area (Å²) in [4.78, 5) is 0. The maximum absolute atomic E-state index is 5.91. The summed E-state index contributed by atoms with van der Waals surface area (Å²) in [7, 11) is 0. The second-order valence-electron chi connectivity index (χ2n) is 3.40. The Bertz CT molecular complexity index is 453. The molecule has 0 saturated heterocycles. The van der Waals surface area contributed by atoms with Gasteiger partial charge in [0.15, 0.2) is 0 Å². The number of nitrogens with one attached hydrogen (secondary N) is 1. The van der Waals surface area contributed by atoms with Gasteiger partial charge in [-0.25, -0.2) is 0 Å². The minimum absolute atomic E-state index is 0.573. The van der Waals surface area contributed by atoms with E-state index in [0.29, 0.717) is 10.7 Å². The van der Waals surface area contributed by atoms with Gasteiger partial charge in [0.25, 0.3) is 0 Å². The number of hydrogen-bond acceptors (Lipinski definition) is 3. The van der Waals surface area contributed by atoms with E-state index in [0.717, 1.165) is 18.8 Å². The van der Waals surface area contributed by atoms with Gasteiger partial charge in [-0.3, -0.25) is 4.68 Å². The molecule has 16 heavy (non-hydrogen) atoms. The molecule has 84 valence electrons. The van der Waals surface area contributed by atoms with Crippen LogP contribution in [0.2, 0.25) is 5.02 Å². The van der Waals surface area contributed by atoms with E-state index in [1.165, 1.54) is 0 Å². The Morgan fingerprint density at radius 1 is 1.38 bits per heavy atom. The van der Waals surface area contributed by atoms with Crippen LogP contribution in [0.1, 0.15) is 0 Å². The van der Waals surface area contributed by atoms with Crippen molar-refractivity contribution >= 4 is 23.0 Å². The number of aromatic nitrogens is 2. The molecule has 3 N–H and O–H groups in total. The summed E-state index contributed by atoms with van der Waals surface area (Å²) in [6, 6.07) is 7.45. The molecule has 0 atom stereocenters. The lowest BCUT2D eigenvalue weighted by Crippen LogP contribution is -2.11. The fourth-order valence-electron chi connectivity index (χ4n) is 1.43. The summed E-state index contributed by atoms with van der Waals surface area (Å²) in [5.74, 6) is 0. The van der Waals surface area contributed by atoms with Crippen molar-refractivity contribution in [3.8, 4) is 0 Å². The lowest BCUT2D eigenvalue weighted by atomic mass is 10.2. The molecule has 1 aromatic heterocycles. The molecule has 0 aliphatic heterocycles. The van der Waals surface area contributed by atoms with Crippen LogP contribution in [-0.2, 0) is 6.54 Å². The van der Waals surface area contributed by atoms with Gasteiger partial charge in [0.2, 0.25) is 0 Å². The van der Waals surface area contributed by atoms with Crippen molar-refractivity contribution in [3.05, 3.63) is 41.7 Å². The van der Waals surface area contributed by atoms with Crippen molar-refractivity contribution in [1.82, 2.24) is 9.78 Å². The molecule has 5 heteroatoms. The normalized spacial score (nSPS) is 10.3. The molecule has 0 fully saturated rings. The minimum atomic E-state index is 0.573.